The average Bonchev–Trinajstić information content (AvgIpc) is 2.97. The molecular weight excluding hydrogens is 300 g/mol. The lowest BCUT2D eigenvalue weighted by Gasteiger charge is -2.23. The van der Waals surface area contributed by atoms with Gasteiger partial charge >= 0.3 is 0 Å². The first-order chi connectivity index (χ1) is 10.3. The van der Waals surface area contributed by atoms with Gasteiger partial charge in [0.15, 0.2) is 0 Å². The van der Waals surface area contributed by atoms with Gasteiger partial charge in [0.05, 0.1) is 18.3 Å². The van der Waals surface area contributed by atoms with Crippen molar-refractivity contribution in [2.24, 2.45) is 0 Å². The summed E-state index contributed by atoms with van der Waals surface area (Å²) in [7, 11) is 0. The predicted octanol–water partition coefficient (Wildman–Crippen LogP) is 1.70. The second-order valence-corrected chi connectivity index (χ2v) is 5.42. The van der Waals surface area contributed by atoms with Crippen LogP contribution in [-0.4, -0.2) is 34.8 Å². The molecular formula is C16H21ClN4O. The Morgan fingerprint density at radius 1 is 1.36 bits per heavy atom. The van der Waals surface area contributed by atoms with Gasteiger partial charge in [0.1, 0.15) is 0 Å². The van der Waals surface area contributed by atoms with E-state index in [2.05, 4.69) is 15.7 Å². The molecule has 3 rings (SSSR count). The number of hydrogen-bond acceptors (Lipinski definition) is 3. The summed E-state index contributed by atoms with van der Waals surface area (Å²) in [5.41, 5.74) is 1.93. The zero-order valence-corrected chi connectivity index (χ0v) is 13.2. The molecule has 0 aliphatic carbocycles. The third-order valence-electron chi connectivity index (χ3n) is 3.68. The van der Waals surface area contributed by atoms with Crippen LogP contribution >= 0.6 is 12.4 Å². The van der Waals surface area contributed by atoms with Crippen molar-refractivity contribution in [1.82, 2.24) is 20.4 Å². The minimum atomic E-state index is 0. The molecule has 2 aromatic rings. The summed E-state index contributed by atoms with van der Waals surface area (Å²) in [6, 6.07) is 10.2. The number of amides is 1. The highest BCUT2D eigenvalue weighted by Gasteiger charge is 2.15. The molecule has 1 amide bonds. The zero-order valence-electron chi connectivity index (χ0n) is 12.4. The van der Waals surface area contributed by atoms with Gasteiger partial charge in [-0.25, -0.2) is 4.68 Å². The summed E-state index contributed by atoms with van der Waals surface area (Å²) in [6.07, 6.45) is 6.22. The van der Waals surface area contributed by atoms with Gasteiger partial charge in [0.2, 0.25) is 5.91 Å². The molecule has 0 spiro atoms. The van der Waals surface area contributed by atoms with Crippen LogP contribution in [0.2, 0.25) is 0 Å². The van der Waals surface area contributed by atoms with Gasteiger partial charge in [0.25, 0.3) is 0 Å². The molecule has 5 nitrogen and oxygen atoms in total. The van der Waals surface area contributed by atoms with E-state index in [1.54, 1.807) is 10.9 Å². The fourth-order valence-electron chi connectivity index (χ4n) is 2.61. The molecule has 2 heterocycles. The van der Waals surface area contributed by atoms with E-state index < -0.39 is 0 Å². The van der Waals surface area contributed by atoms with Crippen LogP contribution in [0.4, 0.5) is 0 Å². The first kappa shape index (κ1) is 16.5. The molecule has 2 N–H and O–H groups in total. The second kappa shape index (κ2) is 7.96. The van der Waals surface area contributed by atoms with Crippen molar-refractivity contribution in [2.45, 2.75) is 25.3 Å². The third-order valence-corrected chi connectivity index (χ3v) is 3.68. The maximum atomic E-state index is 12.1. The second-order valence-electron chi connectivity index (χ2n) is 5.42. The van der Waals surface area contributed by atoms with Gasteiger partial charge in [-0.2, -0.15) is 5.10 Å². The number of carbonyl (C=O) groups is 1. The van der Waals surface area contributed by atoms with Crippen LogP contribution in [0.25, 0.3) is 5.69 Å². The Hall–Kier alpha value is -1.85. The zero-order chi connectivity index (χ0) is 14.5. The number of carbonyl (C=O) groups excluding carboxylic acids is 1. The lowest BCUT2D eigenvalue weighted by atomic mass is 10.1. The first-order valence-electron chi connectivity index (χ1n) is 7.40. The summed E-state index contributed by atoms with van der Waals surface area (Å²) in [4.78, 5) is 12.1. The summed E-state index contributed by atoms with van der Waals surface area (Å²) in [5, 5.41) is 10.7. The van der Waals surface area contributed by atoms with E-state index in [9.17, 15) is 4.79 Å². The van der Waals surface area contributed by atoms with E-state index in [1.807, 2.05) is 36.5 Å². The number of rotatable bonds is 4. The molecule has 1 aliphatic heterocycles. The number of hydrogen-bond donors (Lipinski definition) is 2. The molecule has 1 atom stereocenters. The van der Waals surface area contributed by atoms with Crippen LogP contribution in [0, 0.1) is 0 Å². The molecule has 0 radical (unpaired) electrons. The summed E-state index contributed by atoms with van der Waals surface area (Å²) >= 11 is 0. The predicted molar refractivity (Wildman–Crippen MR) is 88.6 cm³/mol. The number of nitrogens with one attached hydrogen (secondary N) is 2. The molecule has 0 bridgehead atoms. The summed E-state index contributed by atoms with van der Waals surface area (Å²) < 4.78 is 1.80. The van der Waals surface area contributed by atoms with E-state index in [4.69, 9.17) is 0 Å². The highest BCUT2D eigenvalue weighted by Crippen LogP contribution is 2.08. The lowest BCUT2D eigenvalue weighted by Crippen LogP contribution is -2.46. The smallest absolute Gasteiger partial charge is 0.224 e. The van der Waals surface area contributed by atoms with Crippen LogP contribution in [0.1, 0.15) is 18.4 Å². The Morgan fingerprint density at radius 3 is 2.91 bits per heavy atom. The first-order valence-corrected chi connectivity index (χ1v) is 7.40. The number of halogens is 1. The van der Waals surface area contributed by atoms with Gasteiger partial charge in [-0.05, 0) is 37.1 Å². The molecule has 1 saturated heterocycles. The largest absolute Gasteiger partial charge is 0.352 e. The third kappa shape index (κ3) is 4.32. The highest BCUT2D eigenvalue weighted by atomic mass is 35.5. The molecule has 1 fully saturated rings. The number of nitrogens with zero attached hydrogens (tertiary/aromatic N) is 2. The number of aromatic nitrogens is 2. The molecule has 1 aliphatic rings. The molecule has 6 heteroatoms. The van der Waals surface area contributed by atoms with Crippen molar-refractivity contribution in [3.8, 4) is 5.69 Å². The van der Waals surface area contributed by atoms with Gasteiger partial charge in [-0.1, -0.05) is 18.2 Å². The van der Waals surface area contributed by atoms with Crippen LogP contribution in [-0.2, 0) is 11.2 Å². The van der Waals surface area contributed by atoms with Crippen molar-refractivity contribution < 1.29 is 4.79 Å². The van der Waals surface area contributed by atoms with Crippen molar-refractivity contribution >= 4 is 18.3 Å². The Balaban J connectivity index is 0.00000176. The SMILES string of the molecule is Cl.O=C(Cc1cnn(-c2ccccc2)c1)N[C@H]1CCCNC1. The summed E-state index contributed by atoms with van der Waals surface area (Å²) in [6.45, 7) is 1.92. The van der Waals surface area contributed by atoms with E-state index in [0.29, 0.717) is 6.42 Å². The van der Waals surface area contributed by atoms with Crippen molar-refractivity contribution in [3.05, 3.63) is 48.3 Å². The molecule has 1 aromatic heterocycles. The van der Waals surface area contributed by atoms with Gasteiger partial charge in [0, 0.05) is 18.8 Å². The standard InChI is InChI=1S/C16H20N4O.ClH/c21-16(19-14-5-4-8-17-11-14)9-13-10-18-20(12-13)15-6-2-1-3-7-15;/h1-3,6-7,10,12,14,17H,4-5,8-9,11H2,(H,19,21);1H/t14-;/m0./s1. The minimum absolute atomic E-state index is 0. The highest BCUT2D eigenvalue weighted by molar-refractivity contribution is 5.85. The molecule has 0 unspecified atom stereocenters. The fraction of sp³-hybridized carbons (Fsp3) is 0.375. The topological polar surface area (TPSA) is 59.0 Å². The molecule has 1 aromatic carbocycles. The molecule has 118 valence electrons. The fourth-order valence-corrected chi connectivity index (χ4v) is 2.61. The van der Waals surface area contributed by atoms with Crippen LogP contribution in [0.15, 0.2) is 42.7 Å². The Labute approximate surface area is 136 Å². The van der Waals surface area contributed by atoms with Gasteiger partial charge in [-0.15, -0.1) is 12.4 Å². The number of piperidine rings is 1. The Kier molecular flexibility index (Phi) is 5.98. The van der Waals surface area contributed by atoms with Crippen LogP contribution < -0.4 is 10.6 Å². The van der Waals surface area contributed by atoms with Crippen molar-refractivity contribution in [2.75, 3.05) is 13.1 Å². The van der Waals surface area contributed by atoms with Crippen molar-refractivity contribution in [3.63, 3.8) is 0 Å². The monoisotopic (exact) mass is 320 g/mol. The summed E-state index contributed by atoms with van der Waals surface area (Å²) in [5.74, 6) is 0.0660. The number of para-hydroxylation sites is 1. The van der Waals surface area contributed by atoms with Crippen LogP contribution in [0.3, 0.4) is 0 Å². The molecule has 0 saturated carbocycles. The molecule has 22 heavy (non-hydrogen) atoms. The Bertz CT molecular complexity index is 593. The minimum Gasteiger partial charge on any atom is -0.352 e. The van der Waals surface area contributed by atoms with E-state index in [-0.39, 0.29) is 24.4 Å². The van der Waals surface area contributed by atoms with E-state index in [1.165, 1.54) is 0 Å². The van der Waals surface area contributed by atoms with Crippen LogP contribution in [0.5, 0.6) is 0 Å². The van der Waals surface area contributed by atoms with Crippen molar-refractivity contribution in [1.29, 1.82) is 0 Å². The Morgan fingerprint density at radius 2 is 2.18 bits per heavy atom. The van der Waals surface area contributed by atoms with E-state index in [0.717, 1.165) is 37.2 Å². The normalized spacial score (nSPS) is 17.5. The van der Waals surface area contributed by atoms with Gasteiger partial charge in [-0.3, -0.25) is 4.79 Å². The average molecular weight is 321 g/mol. The maximum absolute atomic E-state index is 12.1. The van der Waals surface area contributed by atoms with E-state index >= 15 is 0 Å². The lowest BCUT2D eigenvalue weighted by molar-refractivity contribution is -0.121. The van der Waals surface area contributed by atoms with Gasteiger partial charge < -0.3 is 10.6 Å². The maximum Gasteiger partial charge on any atom is 0.224 e. The quantitative estimate of drug-likeness (QED) is 0.901. The number of benzene rings is 1.